The Hall–Kier alpha value is -3.66. The molecule has 0 saturated heterocycles. The van der Waals surface area contributed by atoms with Crippen LogP contribution in [0.25, 0.3) is 17.3 Å². The van der Waals surface area contributed by atoms with E-state index in [9.17, 15) is 0 Å². The Morgan fingerprint density at radius 2 is 1.67 bits per heavy atom. The normalized spacial score (nSPS) is 17.5. The first-order chi connectivity index (χ1) is 14.7. The van der Waals surface area contributed by atoms with Crippen LogP contribution in [0.15, 0.2) is 85.2 Å². The fraction of sp³-hybridized carbons (Fsp3) is 0.154. The number of allylic oxidation sites excluding steroid dienone is 1. The molecule has 0 aliphatic heterocycles. The van der Waals surface area contributed by atoms with Gasteiger partial charge in [0.2, 0.25) is 0 Å². The lowest BCUT2D eigenvalue weighted by molar-refractivity contribution is 0.620. The van der Waals surface area contributed by atoms with Gasteiger partial charge in [0.05, 0.1) is 5.69 Å². The lowest BCUT2D eigenvalue weighted by Gasteiger charge is -2.35. The number of pyridine rings is 1. The number of anilines is 1. The first-order valence-corrected chi connectivity index (χ1v) is 10.2. The molecule has 0 amide bonds. The van der Waals surface area contributed by atoms with Crippen molar-refractivity contribution in [3.63, 3.8) is 0 Å². The molecule has 2 aromatic heterocycles. The third kappa shape index (κ3) is 3.01. The van der Waals surface area contributed by atoms with Crippen LogP contribution in [-0.2, 0) is 11.8 Å². The summed E-state index contributed by atoms with van der Waals surface area (Å²) in [5.41, 5.74) is 7.89. The van der Waals surface area contributed by atoms with Crippen molar-refractivity contribution < 1.29 is 0 Å². The second kappa shape index (κ2) is 7.30. The van der Waals surface area contributed by atoms with Gasteiger partial charge in [-0.2, -0.15) is 5.10 Å². The van der Waals surface area contributed by atoms with Gasteiger partial charge in [0.25, 0.3) is 0 Å². The van der Waals surface area contributed by atoms with E-state index in [1.807, 2.05) is 24.5 Å². The van der Waals surface area contributed by atoms with Crippen LogP contribution >= 0.6 is 0 Å². The summed E-state index contributed by atoms with van der Waals surface area (Å²) in [5, 5.41) is 7.98. The number of hydrogen-bond acceptors (Lipinski definition) is 3. The zero-order valence-electron chi connectivity index (χ0n) is 17.2. The molecule has 0 fully saturated rings. The van der Waals surface area contributed by atoms with Crippen molar-refractivity contribution in [1.82, 2.24) is 15.2 Å². The molecule has 5 rings (SSSR count). The predicted molar refractivity (Wildman–Crippen MR) is 123 cm³/mol. The molecule has 4 heteroatoms. The van der Waals surface area contributed by atoms with Crippen molar-refractivity contribution >= 4 is 11.8 Å². The van der Waals surface area contributed by atoms with Gasteiger partial charge in [-0.25, -0.2) is 0 Å². The van der Waals surface area contributed by atoms with Crippen molar-refractivity contribution in [3.8, 4) is 11.3 Å². The maximum atomic E-state index is 4.65. The summed E-state index contributed by atoms with van der Waals surface area (Å²) in [6, 6.07) is 23.6. The number of aromatic nitrogens is 3. The minimum absolute atomic E-state index is 0.248. The molecule has 1 unspecified atom stereocenters. The number of H-pyrrole nitrogens is 1. The minimum Gasteiger partial charge on any atom is -0.378 e. The van der Waals surface area contributed by atoms with Crippen LogP contribution < -0.4 is 4.90 Å². The van der Waals surface area contributed by atoms with Crippen LogP contribution in [-0.4, -0.2) is 29.3 Å². The molecule has 1 aliphatic rings. The molecule has 0 spiro atoms. The summed E-state index contributed by atoms with van der Waals surface area (Å²) in [4.78, 5) is 6.28. The van der Waals surface area contributed by atoms with Gasteiger partial charge in [0.15, 0.2) is 0 Å². The van der Waals surface area contributed by atoms with Crippen LogP contribution in [0.5, 0.6) is 0 Å². The quantitative estimate of drug-likeness (QED) is 0.526. The molecule has 0 bridgehead atoms. The predicted octanol–water partition coefficient (Wildman–Crippen LogP) is 5.09. The topological polar surface area (TPSA) is 44.8 Å². The molecule has 0 saturated carbocycles. The molecule has 30 heavy (non-hydrogen) atoms. The summed E-state index contributed by atoms with van der Waals surface area (Å²) in [6.45, 7) is 0. The van der Waals surface area contributed by atoms with Crippen molar-refractivity contribution in [2.24, 2.45) is 0 Å². The standard InChI is InChI=1S/C26H24N4/c1-30(2)22-10-6-9-21(17-22)26(20-7-4-3-5-8-20)14-11-23-24(18-26)28-29-25(23)19-12-15-27-16-13-19/h3-17H,18H2,1-2H3,(H,28,29). The number of nitrogens with one attached hydrogen (secondary N) is 1. The first kappa shape index (κ1) is 18.4. The average Bonchev–Trinajstić information content (AvgIpc) is 3.23. The lowest BCUT2D eigenvalue weighted by Crippen LogP contribution is -2.30. The van der Waals surface area contributed by atoms with Gasteiger partial charge in [0, 0.05) is 60.8 Å². The number of hydrogen-bond donors (Lipinski definition) is 1. The van der Waals surface area contributed by atoms with E-state index in [0.29, 0.717) is 0 Å². The van der Waals surface area contributed by atoms with E-state index < -0.39 is 0 Å². The number of aromatic amines is 1. The van der Waals surface area contributed by atoms with Gasteiger partial charge in [-0.15, -0.1) is 0 Å². The molecule has 1 aliphatic carbocycles. The maximum Gasteiger partial charge on any atom is 0.0996 e. The van der Waals surface area contributed by atoms with Gasteiger partial charge in [-0.3, -0.25) is 10.1 Å². The van der Waals surface area contributed by atoms with Gasteiger partial charge >= 0.3 is 0 Å². The van der Waals surface area contributed by atoms with E-state index in [1.54, 1.807) is 0 Å². The Labute approximate surface area is 176 Å². The van der Waals surface area contributed by atoms with Crippen molar-refractivity contribution in [1.29, 1.82) is 0 Å². The Balaban J connectivity index is 1.66. The smallest absolute Gasteiger partial charge is 0.0996 e. The zero-order chi connectivity index (χ0) is 20.6. The summed E-state index contributed by atoms with van der Waals surface area (Å²) in [5.74, 6) is 0. The highest BCUT2D eigenvalue weighted by molar-refractivity contribution is 5.76. The monoisotopic (exact) mass is 392 g/mol. The second-order valence-electron chi connectivity index (χ2n) is 7.99. The third-order valence-corrected chi connectivity index (χ3v) is 5.99. The highest BCUT2D eigenvalue weighted by Gasteiger charge is 2.36. The molecule has 1 N–H and O–H groups in total. The van der Waals surface area contributed by atoms with Crippen LogP contribution in [0, 0.1) is 0 Å². The van der Waals surface area contributed by atoms with E-state index >= 15 is 0 Å². The number of nitrogens with zero attached hydrogens (tertiary/aromatic N) is 3. The summed E-state index contributed by atoms with van der Waals surface area (Å²) < 4.78 is 0. The molecule has 2 aromatic carbocycles. The Morgan fingerprint density at radius 3 is 2.43 bits per heavy atom. The average molecular weight is 393 g/mol. The van der Waals surface area contributed by atoms with Crippen molar-refractivity contribution in [2.75, 3.05) is 19.0 Å². The van der Waals surface area contributed by atoms with Gasteiger partial charge in [-0.05, 0) is 35.4 Å². The molecular weight excluding hydrogens is 368 g/mol. The molecule has 4 aromatic rings. The lowest BCUT2D eigenvalue weighted by atomic mass is 9.68. The molecule has 148 valence electrons. The van der Waals surface area contributed by atoms with Crippen LogP contribution in [0.1, 0.15) is 22.4 Å². The summed E-state index contributed by atoms with van der Waals surface area (Å²) in [6.07, 6.45) is 9.03. The van der Waals surface area contributed by atoms with E-state index in [0.717, 1.165) is 28.9 Å². The van der Waals surface area contributed by atoms with Gasteiger partial charge < -0.3 is 4.90 Å². The number of rotatable bonds is 4. The van der Waals surface area contributed by atoms with Crippen molar-refractivity contribution in [2.45, 2.75) is 11.8 Å². The number of benzene rings is 2. The fourth-order valence-corrected chi connectivity index (χ4v) is 4.35. The maximum absolute atomic E-state index is 4.65. The van der Waals surface area contributed by atoms with E-state index in [4.69, 9.17) is 0 Å². The first-order valence-electron chi connectivity index (χ1n) is 10.2. The zero-order valence-corrected chi connectivity index (χ0v) is 17.2. The van der Waals surface area contributed by atoms with Crippen LogP contribution in [0.3, 0.4) is 0 Å². The fourth-order valence-electron chi connectivity index (χ4n) is 4.35. The van der Waals surface area contributed by atoms with E-state index in [2.05, 4.69) is 101 Å². The number of fused-ring (bicyclic) bond motifs is 1. The van der Waals surface area contributed by atoms with Crippen molar-refractivity contribution in [3.05, 3.63) is 108 Å². The van der Waals surface area contributed by atoms with Crippen LogP contribution in [0.2, 0.25) is 0 Å². The SMILES string of the molecule is CN(C)c1cccc(C2(c3ccccc3)C=Cc3c(-c4ccncc4)n[nH]c3C2)c1. The molecule has 1 atom stereocenters. The third-order valence-electron chi connectivity index (χ3n) is 5.99. The van der Waals surface area contributed by atoms with Gasteiger partial charge in [-0.1, -0.05) is 54.6 Å². The highest BCUT2D eigenvalue weighted by Crippen LogP contribution is 2.43. The Bertz CT molecular complexity index is 1190. The molecular formula is C26H24N4. The largest absolute Gasteiger partial charge is 0.378 e. The molecule has 0 radical (unpaired) electrons. The highest BCUT2D eigenvalue weighted by atomic mass is 15.1. The summed E-state index contributed by atoms with van der Waals surface area (Å²) >= 11 is 0. The molecule has 2 heterocycles. The Kier molecular flexibility index (Phi) is 4.47. The molecule has 4 nitrogen and oxygen atoms in total. The van der Waals surface area contributed by atoms with E-state index in [1.165, 1.54) is 16.8 Å². The Morgan fingerprint density at radius 1 is 0.900 bits per heavy atom. The summed E-state index contributed by atoms with van der Waals surface area (Å²) in [7, 11) is 4.16. The van der Waals surface area contributed by atoms with Crippen LogP contribution in [0.4, 0.5) is 5.69 Å². The second-order valence-corrected chi connectivity index (χ2v) is 7.99. The van der Waals surface area contributed by atoms with E-state index in [-0.39, 0.29) is 5.41 Å². The minimum atomic E-state index is -0.248. The van der Waals surface area contributed by atoms with Gasteiger partial charge in [0.1, 0.15) is 0 Å².